The van der Waals surface area contributed by atoms with Crippen molar-refractivity contribution in [1.29, 1.82) is 0 Å². The molecular weight excluding hydrogens is 364 g/mol. The van der Waals surface area contributed by atoms with Crippen LogP contribution in [0.2, 0.25) is 0 Å². The molecule has 24 heavy (non-hydrogen) atoms. The molecule has 1 saturated heterocycles. The summed E-state index contributed by atoms with van der Waals surface area (Å²) in [6.45, 7) is 2.07. The molecule has 1 rings (SSSR count). The van der Waals surface area contributed by atoms with Crippen molar-refractivity contribution in [2.24, 2.45) is 0 Å². The number of hydrogen-bond acceptors (Lipinski definition) is 7. The summed E-state index contributed by atoms with van der Waals surface area (Å²) in [5.74, 6) is -6.02. The third-order valence-electron chi connectivity index (χ3n) is 2.99. The SMILES string of the molecule is C=C(COCCC(F)(F)C(F)(F)S(=O)(=O)[O-])C(=O)OC1CCCO1. The fourth-order valence-corrected chi connectivity index (χ4v) is 2.09. The zero-order valence-electron chi connectivity index (χ0n) is 12.3. The maximum atomic E-state index is 13.1. The predicted octanol–water partition coefficient (Wildman–Crippen LogP) is 1.40. The van der Waals surface area contributed by atoms with E-state index in [1.165, 1.54) is 0 Å². The van der Waals surface area contributed by atoms with Crippen molar-refractivity contribution in [2.45, 2.75) is 36.7 Å². The van der Waals surface area contributed by atoms with E-state index < -0.39 is 53.2 Å². The number of carbonyl (C=O) groups excluding carboxylic acids is 1. The van der Waals surface area contributed by atoms with Gasteiger partial charge in [0.05, 0.1) is 25.4 Å². The van der Waals surface area contributed by atoms with Crippen LogP contribution in [0.3, 0.4) is 0 Å². The van der Waals surface area contributed by atoms with E-state index in [-0.39, 0.29) is 5.57 Å². The Labute approximate surface area is 135 Å². The molecule has 0 aromatic heterocycles. The fourth-order valence-electron chi connectivity index (χ4n) is 1.63. The molecule has 1 heterocycles. The minimum Gasteiger partial charge on any atom is -0.743 e. The van der Waals surface area contributed by atoms with E-state index in [1.54, 1.807) is 0 Å². The van der Waals surface area contributed by atoms with Crippen molar-refractivity contribution >= 4 is 16.1 Å². The van der Waals surface area contributed by atoms with Crippen molar-refractivity contribution < 1.29 is 49.5 Å². The predicted molar refractivity (Wildman–Crippen MR) is 69.2 cm³/mol. The standard InChI is InChI=1S/C12H16F4O7S/c1-8(10(17)23-9-3-2-5-22-9)7-21-6-4-11(13,14)12(15,16)24(18,19)20/h9H,1-7H2,(H,18,19,20)/p-1. The lowest BCUT2D eigenvalue weighted by Gasteiger charge is -2.28. The summed E-state index contributed by atoms with van der Waals surface area (Å²) in [6.07, 6.45) is -1.28. The van der Waals surface area contributed by atoms with Gasteiger partial charge in [-0.1, -0.05) is 6.58 Å². The second-order valence-electron chi connectivity index (χ2n) is 4.93. The Morgan fingerprint density at radius 1 is 1.33 bits per heavy atom. The van der Waals surface area contributed by atoms with Gasteiger partial charge in [-0.3, -0.25) is 0 Å². The van der Waals surface area contributed by atoms with Gasteiger partial charge in [-0.15, -0.1) is 0 Å². The molecule has 12 heteroatoms. The van der Waals surface area contributed by atoms with E-state index in [0.29, 0.717) is 19.4 Å². The average Bonchev–Trinajstić information content (AvgIpc) is 2.94. The monoisotopic (exact) mass is 379 g/mol. The lowest BCUT2D eigenvalue weighted by atomic mass is 10.2. The molecule has 0 aromatic carbocycles. The highest BCUT2D eigenvalue weighted by molar-refractivity contribution is 7.86. The van der Waals surface area contributed by atoms with E-state index in [1.807, 2.05) is 0 Å². The number of carbonyl (C=O) groups is 1. The van der Waals surface area contributed by atoms with Crippen LogP contribution in [0.1, 0.15) is 19.3 Å². The Hall–Kier alpha value is -1.24. The largest absolute Gasteiger partial charge is 0.743 e. The first-order chi connectivity index (χ1) is 10.9. The van der Waals surface area contributed by atoms with Crippen LogP contribution in [0.4, 0.5) is 17.6 Å². The smallest absolute Gasteiger partial charge is 0.396 e. The van der Waals surface area contributed by atoms with Crippen LogP contribution in [-0.2, 0) is 29.1 Å². The highest BCUT2D eigenvalue weighted by Gasteiger charge is 2.61. The lowest BCUT2D eigenvalue weighted by Crippen LogP contribution is -2.47. The van der Waals surface area contributed by atoms with Gasteiger partial charge in [0.1, 0.15) is 0 Å². The third-order valence-corrected chi connectivity index (χ3v) is 3.92. The molecule has 1 atom stereocenters. The zero-order chi connectivity index (χ0) is 18.6. The fraction of sp³-hybridized carbons (Fsp3) is 0.750. The third kappa shape index (κ3) is 5.13. The Morgan fingerprint density at radius 2 is 1.96 bits per heavy atom. The molecule has 7 nitrogen and oxygen atoms in total. The van der Waals surface area contributed by atoms with Crippen LogP contribution in [0.25, 0.3) is 0 Å². The van der Waals surface area contributed by atoms with Gasteiger partial charge in [-0.2, -0.15) is 17.6 Å². The molecule has 0 aliphatic carbocycles. The zero-order valence-corrected chi connectivity index (χ0v) is 13.1. The number of ether oxygens (including phenoxy) is 3. The number of halogens is 4. The Balaban J connectivity index is 2.39. The van der Waals surface area contributed by atoms with E-state index in [4.69, 9.17) is 9.47 Å². The summed E-state index contributed by atoms with van der Waals surface area (Å²) < 4.78 is 96.9. The van der Waals surface area contributed by atoms with Gasteiger partial charge in [-0.25, -0.2) is 13.2 Å². The topological polar surface area (TPSA) is 102 Å². The minimum absolute atomic E-state index is 0.267. The van der Waals surface area contributed by atoms with Gasteiger partial charge in [0.25, 0.3) is 0 Å². The lowest BCUT2D eigenvalue weighted by molar-refractivity contribution is -0.171. The van der Waals surface area contributed by atoms with Gasteiger partial charge in [-0.05, 0) is 6.42 Å². The summed E-state index contributed by atoms with van der Waals surface area (Å²) in [5.41, 5.74) is -0.267. The van der Waals surface area contributed by atoms with Gasteiger partial charge in [0.2, 0.25) is 6.29 Å². The van der Waals surface area contributed by atoms with Crippen molar-refractivity contribution in [3.8, 4) is 0 Å². The number of hydrogen-bond donors (Lipinski definition) is 0. The quantitative estimate of drug-likeness (QED) is 0.196. The first kappa shape index (κ1) is 20.8. The number of rotatable bonds is 9. The number of alkyl halides is 4. The highest BCUT2D eigenvalue weighted by atomic mass is 32.2. The molecular formula is C12H15F4O7S-. The van der Waals surface area contributed by atoms with Crippen LogP contribution in [0, 0.1) is 0 Å². The van der Waals surface area contributed by atoms with E-state index in [9.17, 15) is 35.3 Å². The van der Waals surface area contributed by atoms with Crippen LogP contribution in [0.5, 0.6) is 0 Å². The van der Waals surface area contributed by atoms with E-state index in [0.717, 1.165) is 0 Å². The average molecular weight is 379 g/mol. The summed E-state index contributed by atoms with van der Waals surface area (Å²) in [6, 6.07) is 0. The molecule has 0 amide bonds. The van der Waals surface area contributed by atoms with Gasteiger partial charge >= 0.3 is 17.1 Å². The van der Waals surface area contributed by atoms with Crippen molar-refractivity contribution in [3.05, 3.63) is 12.2 Å². The first-order valence-electron chi connectivity index (χ1n) is 6.67. The summed E-state index contributed by atoms with van der Waals surface area (Å²) in [5, 5.41) is -5.76. The molecule has 1 fully saturated rings. The van der Waals surface area contributed by atoms with Crippen molar-refractivity contribution in [3.63, 3.8) is 0 Å². The molecule has 1 aliphatic rings. The molecule has 0 spiro atoms. The molecule has 1 unspecified atom stereocenters. The molecule has 0 aromatic rings. The Kier molecular flexibility index (Phi) is 6.73. The van der Waals surface area contributed by atoms with E-state index >= 15 is 0 Å². The van der Waals surface area contributed by atoms with Gasteiger partial charge in [0.15, 0.2) is 10.1 Å². The normalized spacial score (nSPS) is 19.3. The summed E-state index contributed by atoms with van der Waals surface area (Å²) in [7, 11) is -6.53. The van der Waals surface area contributed by atoms with Crippen LogP contribution in [0.15, 0.2) is 12.2 Å². The first-order valence-corrected chi connectivity index (χ1v) is 8.08. The second kappa shape index (κ2) is 7.76. The summed E-state index contributed by atoms with van der Waals surface area (Å²) in [4.78, 5) is 11.5. The van der Waals surface area contributed by atoms with E-state index in [2.05, 4.69) is 11.3 Å². The van der Waals surface area contributed by atoms with Crippen LogP contribution < -0.4 is 0 Å². The second-order valence-corrected chi connectivity index (χ2v) is 6.35. The van der Waals surface area contributed by atoms with Crippen molar-refractivity contribution in [2.75, 3.05) is 19.8 Å². The van der Waals surface area contributed by atoms with Crippen LogP contribution >= 0.6 is 0 Å². The number of esters is 1. The van der Waals surface area contributed by atoms with Crippen LogP contribution in [-0.4, -0.2) is 56.2 Å². The minimum atomic E-state index is -6.53. The maximum Gasteiger partial charge on any atom is 0.396 e. The van der Waals surface area contributed by atoms with Crippen molar-refractivity contribution in [1.82, 2.24) is 0 Å². The molecule has 0 radical (unpaired) electrons. The Bertz CT molecular complexity index is 570. The van der Waals surface area contributed by atoms with Gasteiger partial charge < -0.3 is 18.8 Å². The Morgan fingerprint density at radius 3 is 2.46 bits per heavy atom. The molecule has 1 aliphatic heterocycles. The van der Waals surface area contributed by atoms with Gasteiger partial charge in [0, 0.05) is 12.8 Å². The molecule has 0 saturated carbocycles. The molecule has 140 valence electrons. The highest BCUT2D eigenvalue weighted by Crippen LogP contribution is 2.40. The molecule has 0 bridgehead atoms. The maximum absolute atomic E-state index is 13.1. The summed E-state index contributed by atoms with van der Waals surface area (Å²) >= 11 is 0. The molecule has 0 N–H and O–H groups in total.